The molecular formula is C21H43NO4S. The molecule has 0 saturated carbocycles. The normalized spacial score (nSPS) is 14.2. The summed E-state index contributed by atoms with van der Waals surface area (Å²) in [5, 5.41) is 0. The van der Waals surface area contributed by atoms with Crippen LogP contribution in [0.5, 0.6) is 0 Å². The summed E-state index contributed by atoms with van der Waals surface area (Å²) in [6.45, 7) is 3.07. The van der Waals surface area contributed by atoms with Crippen LogP contribution in [0.2, 0.25) is 0 Å². The molecule has 0 aromatic rings. The fraction of sp³-hybridized carbons (Fsp3) is 0.952. The Kier molecular flexibility index (Phi) is 15.2. The molecular weight excluding hydrogens is 362 g/mol. The zero-order valence-electron chi connectivity index (χ0n) is 17.7. The standard InChI is InChI=1S/C21H43NO4S/c1-3-4-5-6-7-8-9-10-11-12-13-14-15-16-17-18-20(23)21(2,19-22)27(24,25)26/h3-19,22H2,1-2H3,(H,24,25,26). The fourth-order valence-electron chi connectivity index (χ4n) is 3.28. The Bertz CT molecular complexity index is 479. The average molecular weight is 406 g/mol. The van der Waals surface area contributed by atoms with Crippen LogP contribution in [0.4, 0.5) is 0 Å². The molecule has 0 radical (unpaired) electrons. The van der Waals surface area contributed by atoms with E-state index >= 15 is 0 Å². The van der Waals surface area contributed by atoms with Crippen molar-refractivity contribution in [1.82, 2.24) is 0 Å². The van der Waals surface area contributed by atoms with E-state index in [9.17, 15) is 17.8 Å². The van der Waals surface area contributed by atoms with Gasteiger partial charge in [-0.1, -0.05) is 96.8 Å². The monoisotopic (exact) mass is 405 g/mol. The van der Waals surface area contributed by atoms with Gasteiger partial charge >= 0.3 is 0 Å². The molecule has 0 aliphatic rings. The Hall–Kier alpha value is -0.460. The second-order valence-electron chi connectivity index (χ2n) is 8.03. The number of unbranched alkanes of at least 4 members (excludes halogenated alkanes) is 14. The molecule has 0 fully saturated rings. The first kappa shape index (κ1) is 26.5. The maximum Gasteiger partial charge on any atom is 0.278 e. The van der Waals surface area contributed by atoms with Crippen molar-refractivity contribution in [2.24, 2.45) is 5.73 Å². The lowest BCUT2D eigenvalue weighted by atomic mass is 9.99. The van der Waals surface area contributed by atoms with Crippen molar-refractivity contribution in [2.45, 2.75) is 121 Å². The van der Waals surface area contributed by atoms with Crippen LogP contribution in [-0.2, 0) is 14.9 Å². The molecule has 0 spiro atoms. The maximum absolute atomic E-state index is 12.1. The Balaban J connectivity index is 3.51. The van der Waals surface area contributed by atoms with E-state index in [0.717, 1.165) is 19.3 Å². The zero-order chi connectivity index (χ0) is 20.6. The number of hydrogen-bond donors (Lipinski definition) is 2. The van der Waals surface area contributed by atoms with Gasteiger partial charge in [-0.3, -0.25) is 9.35 Å². The molecule has 5 nitrogen and oxygen atoms in total. The molecule has 6 heteroatoms. The molecule has 3 N–H and O–H groups in total. The summed E-state index contributed by atoms with van der Waals surface area (Å²) in [6.07, 6.45) is 18.7. The Labute approximate surface area is 167 Å². The minimum Gasteiger partial charge on any atom is -0.328 e. The van der Waals surface area contributed by atoms with Gasteiger partial charge in [0.05, 0.1) is 0 Å². The predicted octanol–water partition coefficient (Wildman–Crippen LogP) is 5.42. The molecule has 1 atom stereocenters. The smallest absolute Gasteiger partial charge is 0.278 e. The minimum absolute atomic E-state index is 0.158. The lowest BCUT2D eigenvalue weighted by Gasteiger charge is -2.22. The van der Waals surface area contributed by atoms with Crippen LogP contribution in [-0.4, -0.2) is 30.0 Å². The van der Waals surface area contributed by atoms with Crippen molar-refractivity contribution in [1.29, 1.82) is 0 Å². The van der Waals surface area contributed by atoms with E-state index in [1.807, 2.05) is 0 Å². The molecule has 0 bridgehead atoms. The van der Waals surface area contributed by atoms with Crippen LogP contribution in [0.15, 0.2) is 0 Å². The van der Waals surface area contributed by atoms with Crippen LogP contribution in [0.3, 0.4) is 0 Å². The first-order chi connectivity index (χ1) is 12.8. The Morgan fingerprint density at radius 3 is 1.41 bits per heavy atom. The highest BCUT2D eigenvalue weighted by Gasteiger charge is 2.43. The van der Waals surface area contributed by atoms with Gasteiger partial charge in [-0.05, 0) is 13.3 Å². The highest BCUT2D eigenvalue weighted by molar-refractivity contribution is 7.88. The van der Waals surface area contributed by atoms with E-state index in [2.05, 4.69) is 6.92 Å². The number of nitrogens with two attached hydrogens (primary N) is 1. The van der Waals surface area contributed by atoms with Crippen molar-refractivity contribution in [3.63, 3.8) is 0 Å². The first-order valence-corrected chi connectivity index (χ1v) is 12.4. The molecule has 0 aliphatic heterocycles. The van der Waals surface area contributed by atoms with Gasteiger partial charge in [0.1, 0.15) is 0 Å². The molecule has 0 aliphatic carbocycles. The molecule has 162 valence electrons. The van der Waals surface area contributed by atoms with Crippen LogP contribution < -0.4 is 5.73 Å². The summed E-state index contributed by atoms with van der Waals surface area (Å²) < 4.78 is 30.0. The lowest BCUT2D eigenvalue weighted by Crippen LogP contribution is -2.49. The second-order valence-corrected chi connectivity index (χ2v) is 9.88. The number of ketones is 1. The molecule has 0 saturated heterocycles. The molecule has 0 amide bonds. The van der Waals surface area contributed by atoms with Crippen molar-refractivity contribution in [3.05, 3.63) is 0 Å². The quantitative estimate of drug-likeness (QED) is 0.221. The summed E-state index contributed by atoms with van der Waals surface area (Å²) in [5.41, 5.74) is 5.39. The largest absolute Gasteiger partial charge is 0.328 e. The van der Waals surface area contributed by atoms with E-state index in [4.69, 9.17) is 5.73 Å². The Morgan fingerprint density at radius 2 is 1.11 bits per heavy atom. The topological polar surface area (TPSA) is 97.5 Å². The van der Waals surface area contributed by atoms with Crippen LogP contribution in [0, 0.1) is 0 Å². The number of rotatable bonds is 19. The molecule has 0 rings (SSSR count). The first-order valence-electron chi connectivity index (χ1n) is 11.0. The van der Waals surface area contributed by atoms with E-state index in [0.29, 0.717) is 6.42 Å². The number of carbonyl (C=O) groups excluding carboxylic acids is 1. The summed E-state index contributed by atoms with van der Waals surface area (Å²) in [4.78, 5) is 12.1. The summed E-state index contributed by atoms with van der Waals surface area (Å²) in [5.74, 6) is -0.484. The van der Waals surface area contributed by atoms with Crippen molar-refractivity contribution in [2.75, 3.05) is 6.54 Å². The van der Waals surface area contributed by atoms with Crippen molar-refractivity contribution < 1.29 is 17.8 Å². The van der Waals surface area contributed by atoms with Crippen LogP contribution in [0.25, 0.3) is 0 Å². The SMILES string of the molecule is CCCCCCCCCCCCCCCCCC(=O)C(C)(CN)S(=O)(=O)O. The maximum atomic E-state index is 12.1. The van der Waals surface area contributed by atoms with E-state index < -0.39 is 20.6 Å². The van der Waals surface area contributed by atoms with Gasteiger partial charge in [-0.15, -0.1) is 0 Å². The van der Waals surface area contributed by atoms with Crippen LogP contribution >= 0.6 is 0 Å². The third-order valence-corrected chi connectivity index (χ3v) is 7.09. The summed E-state index contributed by atoms with van der Waals surface area (Å²) >= 11 is 0. The molecule has 1 unspecified atom stereocenters. The summed E-state index contributed by atoms with van der Waals surface area (Å²) in [7, 11) is -4.46. The third-order valence-electron chi connectivity index (χ3n) is 5.56. The van der Waals surface area contributed by atoms with Crippen molar-refractivity contribution >= 4 is 15.9 Å². The highest BCUT2D eigenvalue weighted by atomic mass is 32.2. The average Bonchev–Trinajstić information content (AvgIpc) is 2.62. The Morgan fingerprint density at radius 1 is 0.778 bits per heavy atom. The van der Waals surface area contributed by atoms with E-state index in [-0.39, 0.29) is 13.0 Å². The van der Waals surface area contributed by atoms with Gasteiger partial charge in [0.2, 0.25) is 0 Å². The van der Waals surface area contributed by atoms with Crippen molar-refractivity contribution in [3.8, 4) is 0 Å². The molecule has 0 aromatic heterocycles. The molecule has 27 heavy (non-hydrogen) atoms. The number of carbonyl (C=O) groups is 1. The van der Waals surface area contributed by atoms with E-state index in [1.54, 1.807) is 0 Å². The highest BCUT2D eigenvalue weighted by Crippen LogP contribution is 2.20. The number of hydrogen-bond acceptors (Lipinski definition) is 4. The molecule has 0 aromatic carbocycles. The second kappa shape index (κ2) is 15.5. The molecule has 0 heterocycles. The van der Waals surface area contributed by atoms with E-state index in [1.165, 1.54) is 77.6 Å². The van der Waals surface area contributed by atoms with Gasteiger partial charge in [-0.2, -0.15) is 8.42 Å². The predicted molar refractivity (Wildman–Crippen MR) is 114 cm³/mol. The van der Waals surface area contributed by atoms with Gasteiger partial charge in [-0.25, -0.2) is 0 Å². The van der Waals surface area contributed by atoms with Gasteiger partial charge < -0.3 is 5.73 Å². The fourth-order valence-corrected chi connectivity index (χ4v) is 3.88. The van der Waals surface area contributed by atoms with Crippen LogP contribution in [0.1, 0.15) is 117 Å². The van der Waals surface area contributed by atoms with Gasteiger partial charge in [0.25, 0.3) is 10.1 Å². The van der Waals surface area contributed by atoms with Gasteiger partial charge in [0.15, 0.2) is 10.5 Å². The zero-order valence-corrected chi connectivity index (χ0v) is 18.5. The third kappa shape index (κ3) is 11.9. The lowest BCUT2D eigenvalue weighted by molar-refractivity contribution is -0.121. The number of Topliss-reactive ketones (excluding diaryl/α,β-unsaturated/α-hetero) is 1. The van der Waals surface area contributed by atoms with Gasteiger partial charge in [0, 0.05) is 13.0 Å². The summed E-state index contributed by atoms with van der Waals surface area (Å²) in [6, 6.07) is 0. The minimum atomic E-state index is -4.46.